The van der Waals surface area contributed by atoms with Gasteiger partial charge in [0, 0.05) is 23.4 Å². The van der Waals surface area contributed by atoms with Crippen molar-refractivity contribution < 1.29 is 29.9 Å². The van der Waals surface area contributed by atoms with Crippen molar-refractivity contribution in [3.63, 3.8) is 0 Å². The van der Waals surface area contributed by atoms with Crippen molar-refractivity contribution in [2.45, 2.75) is 6.42 Å². The molecule has 29 heavy (non-hydrogen) atoms. The Balaban J connectivity index is 1.98. The zero-order chi connectivity index (χ0) is 20.7. The molecule has 148 valence electrons. The highest BCUT2D eigenvalue weighted by atomic mass is 16.5. The number of benzene rings is 4. The topological polar surface area (TPSA) is 99.4 Å². The average molecular weight is 392 g/mol. The van der Waals surface area contributed by atoms with Crippen LogP contribution >= 0.6 is 0 Å². The molecule has 6 heteroatoms. The third-order valence-electron chi connectivity index (χ3n) is 5.11. The maximum Gasteiger partial charge on any atom is 0.160 e. The summed E-state index contributed by atoms with van der Waals surface area (Å²) in [6.07, 6.45) is 0.387. The number of fused-ring (bicyclic) bond motifs is 3. The molecule has 0 radical (unpaired) electrons. The molecule has 4 rings (SSSR count). The Kier molecular flexibility index (Phi) is 4.47. The van der Waals surface area contributed by atoms with Crippen LogP contribution in [0, 0.1) is 0 Å². The van der Waals surface area contributed by atoms with E-state index in [2.05, 4.69) is 0 Å². The zero-order valence-electron chi connectivity index (χ0n) is 15.9. The van der Waals surface area contributed by atoms with Crippen LogP contribution in [0.25, 0.3) is 21.5 Å². The minimum Gasteiger partial charge on any atom is -0.507 e. The van der Waals surface area contributed by atoms with Gasteiger partial charge in [-0.3, -0.25) is 0 Å². The van der Waals surface area contributed by atoms with Gasteiger partial charge in [0.05, 0.1) is 14.2 Å². The van der Waals surface area contributed by atoms with Crippen molar-refractivity contribution >= 4 is 21.5 Å². The van der Waals surface area contributed by atoms with E-state index in [0.29, 0.717) is 28.9 Å². The molecule has 0 saturated heterocycles. The SMILES string of the molecule is COc1cc(Cc2c(O)cc(OC)c3c2ccc2cc(O)c(O)cc23)ccc1O. The number of hydrogen-bond acceptors (Lipinski definition) is 6. The Bertz CT molecular complexity index is 1250. The van der Waals surface area contributed by atoms with Crippen LogP contribution in [0.1, 0.15) is 11.1 Å². The molecule has 4 N–H and O–H groups in total. The molecule has 0 atom stereocenters. The molecular formula is C23H20O6. The fourth-order valence-electron chi connectivity index (χ4n) is 3.67. The van der Waals surface area contributed by atoms with Crippen LogP contribution in [-0.4, -0.2) is 34.6 Å². The summed E-state index contributed by atoms with van der Waals surface area (Å²) in [5.74, 6) is 0.493. The first kappa shape index (κ1) is 18.6. The predicted octanol–water partition coefficient (Wildman–Crippen LogP) is 4.42. The second-order valence-corrected chi connectivity index (χ2v) is 6.81. The molecule has 0 unspecified atom stereocenters. The highest BCUT2D eigenvalue weighted by Gasteiger charge is 2.17. The van der Waals surface area contributed by atoms with E-state index in [0.717, 1.165) is 21.7 Å². The first-order valence-corrected chi connectivity index (χ1v) is 8.96. The number of aromatic hydroxyl groups is 4. The summed E-state index contributed by atoms with van der Waals surface area (Å²) in [5.41, 5.74) is 1.51. The average Bonchev–Trinajstić information content (AvgIpc) is 2.71. The van der Waals surface area contributed by atoms with Crippen LogP contribution < -0.4 is 9.47 Å². The standard InChI is InChI=1S/C23H20O6/c1-28-21-8-12(3-6-17(21)24)7-16-14-5-4-13-9-19(26)20(27)10-15(13)23(14)22(29-2)11-18(16)25/h3-6,8-11,24-27H,7H2,1-2H3. The van der Waals surface area contributed by atoms with Gasteiger partial charge in [-0.25, -0.2) is 0 Å². The Morgan fingerprint density at radius 3 is 2.10 bits per heavy atom. The molecule has 0 aliphatic rings. The van der Waals surface area contributed by atoms with Gasteiger partial charge in [0.25, 0.3) is 0 Å². The third-order valence-corrected chi connectivity index (χ3v) is 5.11. The summed E-state index contributed by atoms with van der Waals surface area (Å²) in [6, 6.07) is 13.2. The smallest absolute Gasteiger partial charge is 0.160 e. The summed E-state index contributed by atoms with van der Waals surface area (Å²) in [7, 11) is 2.99. The van der Waals surface area contributed by atoms with Crippen LogP contribution in [0.4, 0.5) is 0 Å². The normalized spacial score (nSPS) is 11.1. The predicted molar refractivity (Wildman–Crippen MR) is 110 cm³/mol. The summed E-state index contributed by atoms with van der Waals surface area (Å²) in [6.45, 7) is 0. The van der Waals surface area contributed by atoms with Gasteiger partial charge >= 0.3 is 0 Å². The highest BCUT2D eigenvalue weighted by Crippen LogP contribution is 2.43. The van der Waals surface area contributed by atoms with Gasteiger partial charge in [-0.1, -0.05) is 18.2 Å². The van der Waals surface area contributed by atoms with E-state index < -0.39 is 0 Å². The molecule has 0 heterocycles. The molecule has 0 aliphatic heterocycles. The summed E-state index contributed by atoms with van der Waals surface area (Å²) in [5, 5.41) is 43.2. The lowest BCUT2D eigenvalue weighted by molar-refractivity contribution is 0.373. The zero-order valence-corrected chi connectivity index (χ0v) is 15.9. The second kappa shape index (κ2) is 6.98. The van der Waals surface area contributed by atoms with Crippen LogP contribution in [0.2, 0.25) is 0 Å². The van der Waals surface area contributed by atoms with E-state index >= 15 is 0 Å². The van der Waals surface area contributed by atoms with Gasteiger partial charge in [-0.05, 0) is 46.0 Å². The summed E-state index contributed by atoms with van der Waals surface area (Å²) >= 11 is 0. The molecule has 0 aliphatic carbocycles. The van der Waals surface area contributed by atoms with Crippen molar-refractivity contribution in [1.82, 2.24) is 0 Å². The number of phenolic OH excluding ortho intramolecular Hbond substituents is 4. The Morgan fingerprint density at radius 2 is 1.38 bits per heavy atom. The van der Waals surface area contributed by atoms with Crippen molar-refractivity contribution in [1.29, 1.82) is 0 Å². The summed E-state index contributed by atoms with van der Waals surface area (Å²) < 4.78 is 10.7. The molecule has 4 aromatic rings. The quantitative estimate of drug-likeness (QED) is 0.303. The lowest BCUT2D eigenvalue weighted by atomic mass is 9.93. The number of phenols is 4. The third kappa shape index (κ3) is 3.08. The fourth-order valence-corrected chi connectivity index (χ4v) is 3.67. The molecule has 0 amide bonds. The van der Waals surface area contributed by atoms with Crippen LogP contribution in [-0.2, 0) is 6.42 Å². The van der Waals surface area contributed by atoms with E-state index in [-0.39, 0.29) is 23.0 Å². The fraction of sp³-hybridized carbons (Fsp3) is 0.130. The molecular weight excluding hydrogens is 372 g/mol. The lowest BCUT2D eigenvalue weighted by Crippen LogP contribution is -1.95. The van der Waals surface area contributed by atoms with Crippen LogP contribution in [0.3, 0.4) is 0 Å². The van der Waals surface area contributed by atoms with Gasteiger partial charge < -0.3 is 29.9 Å². The molecule has 6 nitrogen and oxygen atoms in total. The molecule has 4 aromatic carbocycles. The number of rotatable bonds is 4. The lowest BCUT2D eigenvalue weighted by Gasteiger charge is -2.16. The van der Waals surface area contributed by atoms with Gasteiger partial charge in [0.2, 0.25) is 0 Å². The van der Waals surface area contributed by atoms with Gasteiger partial charge in [0.15, 0.2) is 23.0 Å². The Labute approximate surface area is 166 Å². The summed E-state index contributed by atoms with van der Waals surface area (Å²) in [4.78, 5) is 0. The first-order valence-electron chi connectivity index (χ1n) is 8.96. The maximum atomic E-state index is 10.7. The van der Waals surface area contributed by atoms with Gasteiger partial charge in [0.1, 0.15) is 11.5 Å². The minimum absolute atomic E-state index is 0.0429. The molecule has 0 aromatic heterocycles. The maximum absolute atomic E-state index is 10.7. The highest BCUT2D eigenvalue weighted by molar-refractivity contribution is 6.13. The van der Waals surface area contributed by atoms with Crippen LogP contribution in [0.15, 0.2) is 48.5 Å². The minimum atomic E-state index is -0.232. The van der Waals surface area contributed by atoms with Crippen LogP contribution in [0.5, 0.6) is 34.5 Å². The molecule has 0 fully saturated rings. The Hall–Kier alpha value is -3.80. The number of ether oxygens (including phenoxy) is 2. The monoisotopic (exact) mass is 392 g/mol. The molecule has 0 saturated carbocycles. The van der Waals surface area contributed by atoms with Gasteiger partial charge in [-0.2, -0.15) is 0 Å². The van der Waals surface area contributed by atoms with Crippen molar-refractivity contribution in [3.05, 3.63) is 59.7 Å². The van der Waals surface area contributed by atoms with Gasteiger partial charge in [-0.15, -0.1) is 0 Å². The van der Waals surface area contributed by atoms with E-state index in [9.17, 15) is 20.4 Å². The number of hydrogen-bond donors (Lipinski definition) is 4. The first-order chi connectivity index (χ1) is 13.9. The van der Waals surface area contributed by atoms with Crippen molar-refractivity contribution in [2.24, 2.45) is 0 Å². The van der Waals surface area contributed by atoms with Crippen molar-refractivity contribution in [3.8, 4) is 34.5 Å². The van der Waals surface area contributed by atoms with Crippen molar-refractivity contribution in [2.75, 3.05) is 14.2 Å². The second-order valence-electron chi connectivity index (χ2n) is 6.81. The van der Waals surface area contributed by atoms with E-state index in [1.165, 1.54) is 26.4 Å². The molecule has 0 bridgehead atoms. The van der Waals surface area contributed by atoms with E-state index in [1.54, 1.807) is 24.3 Å². The molecule has 0 spiro atoms. The van der Waals surface area contributed by atoms with E-state index in [1.807, 2.05) is 12.1 Å². The largest absolute Gasteiger partial charge is 0.507 e. The number of methoxy groups -OCH3 is 2. The Morgan fingerprint density at radius 1 is 0.655 bits per heavy atom. The van der Waals surface area contributed by atoms with E-state index in [4.69, 9.17) is 9.47 Å².